The lowest BCUT2D eigenvalue weighted by molar-refractivity contribution is 0.0936. The van der Waals surface area contributed by atoms with E-state index in [1.54, 1.807) is 0 Å². The van der Waals surface area contributed by atoms with Gasteiger partial charge in [0.25, 0.3) is 5.91 Å². The lowest BCUT2D eigenvalue weighted by Crippen LogP contribution is -2.36. The van der Waals surface area contributed by atoms with Crippen molar-refractivity contribution >= 4 is 33.4 Å². The number of fused-ring (bicyclic) bond motifs is 2. The van der Waals surface area contributed by atoms with Crippen LogP contribution >= 0.6 is 0 Å². The Morgan fingerprint density at radius 1 is 1.00 bits per heavy atom. The number of amides is 1. The van der Waals surface area contributed by atoms with E-state index < -0.39 is 0 Å². The quantitative estimate of drug-likeness (QED) is 0.271. The fraction of sp³-hybridized carbons (Fsp3) is 0.259. The molecule has 3 aromatic carbocycles. The van der Waals surface area contributed by atoms with Crippen molar-refractivity contribution in [1.82, 2.24) is 15.2 Å². The van der Waals surface area contributed by atoms with Crippen LogP contribution in [-0.4, -0.2) is 35.9 Å². The summed E-state index contributed by atoms with van der Waals surface area (Å²) >= 11 is 0. The molecule has 4 aromatic rings. The Labute approximate surface area is 193 Å². The monoisotopic (exact) mass is 439 g/mol. The van der Waals surface area contributed by atoms with Crippen LogP contribution in [0.15, 0.2) is 66.7 Å². The van der Waals surface area contributed by atoms with Gasteiger partial charge in [0.15, 0.2) is 0 Å². The molecule has 0 radical (unpaired) electrons. The summed E-state index contributed by atoms with van der Waals surface area (Å²) < 4.78 is 2.05. The summed E-state index contributed by atoms with van der Waals surface area (Å²) in [5.41, 5.74) is 9.07. The molecule has 0 saturated carbocycles. The summed E-state index contributed by atoms with van der Waals surface area (Å²) in [7, 11) is 0. The molecule has 1 saturated heterocycles. The van der Waals surface area contributed by atoms with Crippen LogP contribution in [0.2, 0.25) is 0 Å². The van der Waals surface area contributed by atoms with Crippen molar-refractivity contribution < 1.29 is 4.79 Å². The molecule has 0 unspecified atom stereocenters. The standard InChI is InChI=1S/C27H29N5O/c28-26(29)23-8-7-22-14-25(27(33)31-16-18-9-11-30-12-10-18)32(24(22)15-23)17-19-5-6-20-3-1-2-4-21(20)13-19/h1-8,13-15,18,30H,9-12,16-17H2,(H3,28,29)(H,31,33). The molecule has 5 rings (SSSR count). The highest BCUT2D eigenvalue weighted by Gasteiger charge is 2.19. The highest BCUT2D eigenvalue weighted by Crippen LogP contribution is 2.25. The average molecular weight is 440 g/mol. The summed E-state index contributed by atoms with van der Waals surface area (Å²) in [5, 5.41) is 17.7. The van der Waals surface area contributed by atoms with Gasteiger partial charge in [-0.05, 0) is 66.4 Å². The van der Waals surface area contributed by atoms with Crippen LogP contribution in [0.4, 0.5) is 0 Å². The Morgan fingerprint density at radius 3 is 2.55 bits per heavy atom. The molecule has 0 bridgehead atoms. The minimum absolute atomic E-state index is 0.0206. The Kier molecular flexibility index (Phi) is 5.84. The molecule has 1 fully saturated rings. The first-order valence-electron chi connectivity index (χ1n) is 11.5. The number of nitrogens with one attached hydrogen (secondary N) is 3. The number of aromatic nitrogens is 1. The Bertz CT molecular complexity index is 1330. The fourth-order valence-electron chi connectivity index (χ4n) is 4.71. The van der Waals surface area contributed by atoms with E-state index in [-0.39, 0.29) is 11.7 Å². The summed E-state index contributed by atoms with van der Waals surface area (Å²) in [6.45, 7) is 3.27. The zero-order valence-corrected chi connectivity index (χ0v) is 18.6. The van der Waals surface area contributed by atoms with Gasteiger partial charge in [-0.3, -0.25) is 10.2 Å². The third-order valence-corrected chi connectivity index (χ3v) is 6.61. The highest BCUT2D eigenvalue weighted by molar-refractivity contribution is 6.02. The third kappa shape index (κ3) is 4.47. The molecule has 5 N–H and O–H groups in total. The molecule has 6 nitrogen and oxygen atoms in total. The predicted octanol–water partition coefficient (Wildman–Crippen LogP) is 3.86. The van der Waals surface area contributed by atoms with Crippen LogP contribution in [0, 0.1) is 11.3 Å². The van der Waals surface area contributed by atoms with E-state index in [0.29, 0.717) is 30.3 Å². The molecular weight excluding hydrogens is 410 g/mol. The van der Waals surface area contributed by atoms with Crippen LogP contribution in [-0.2, 0) is 6.54 Å². The van der Waals surface area contributed by atoms with Gasteiger partial charge >= 0.3 is 0 Å². The second kappa shape index (κ2) is 9.08. The number of benzene rings is 3. The number of carbonyl (C=O) groups is 1. The molecular formula is C27H29N5O. The largest absolute Gasteiger partial charge is 0.384 e. The average Bonchev–Trinajstić information content (AvgIpc) is 3.20. The number of piperidine rings is 1. The SMILES string of the molecule is N=C(N)c1ccc2cc(C(=O)NCC3CCNCC3)n(Cc3ccc4ccccc4c3)c2c1. The Balaban J connectivity index is 1.50. The summed E-state index contributed by atoms with van der Waals surface area (Å²) in [4.78, 5) is 13.3. The van der Waals surface area contributed by atoms with E-state index in [9.17, 15) is 4.79 Å². The van der Waals surface area contributed by atoms with Crippen LogP contribution in [0.3, 0.4) is 0 Å². The molecule has 6 heteroatoms. The third-order valence-electron chi connectivity index (χ3n) is 6.61. The van der Waals surface area contributed by atoms with Crippen molar-refractivity contribution in [2.75, 3.05) is 19.6 Å². The predicted molar refractivity (Wildman–Crippen MR) is 134 cm³/mol. The number of hydrogen-bond donors (Lipinski definition) is 4. The van der Waals surface area contributed by atoms with Gasteiger partial charge < -0.3 is 20.9 Å². The topological polar surface area (TPSA) is 95.9 Å². The van der Waals surface area contributed by atoms with Crippen molar-refractivity contribution in [2.24, 2.45) is 11.7 Å². The lowest BCUT2D eigenvalue weighted by atomic mass is 9.98. The molecule has 168 valence electrons. The van der Waals surface area contributed by atoms with Crippen molar-refractivity contribution in [1.29, 1.82) is 5.41 Å². The number of nitrogens with two attached hydrogens (primary N) is 1. The smallest absolute Gasteiger partial charge is 0.267 e. The molecule has 2 heterocycles. The van der Waals surface area contributed by atoms with Gasteiger partial charge in [-0.25, -0.2) is 0 Å². The van der Waals surface area contributed by atoms with E-state index in [0.717, 1.165) is 42.4 Å². The first-order chi connectivity index (χ1) is 16.1. The van der Waals surface area contributed by atoms with Gasteiger partial charge in [-0.2, -0.15) is 0 Å². The van der Waals surface area contributed by atoms with E-state index in [1.807, 2.05) is 41.0 Å². The van der Waals surface area contributed by atoms with Gasteiger partial charge in [0.1, 0.15) is 11.5 Å². The van der Waals surface area contributed by atoms with Gasteiger partial charge in [0.2, 0.25) is 0 Å². The summed E-state index contributed by atoms with van der Waals surface area (Å²) in [6, 6.07) is 22.3. The van der Waals surface area contributed by atoms with E-state index in [1.165, 1.54) is 10.8 Å². The molecule has 33 heavy (non-hydrogen) atoms. The van der Waals surface area contributed by atoms with Crippen LogP contribution < -0.4 is 16.4 Å². The maximum atomic E-state index is 13.3. The van der Waals surface area contributed by atoms with E-state index in [2.05, 4.69) is 41.0 Å². The Hall–Kier alpha value is -3.64. The van der Waals surface area contributed by atoms with Crippen LogP contribution in [0.5, 0.6) is 0 Å². The van der Waals surface area contributed by atoms with Crippen molar-refractivity contribution in [2.45, 2.75) is 19.4 Å². The number of hydrogen-bond acceptors (Lipinski definition) is 3. The number of carbonyl (C=O) groups excluding carboxylic acids is 1. The lowest BCUT2D eigenvalue weighted by Gasteiger charge is -2.23. The summed E-state index contributed by atoms with van der Waals surface area (Å²) in [6.07, 6.45) is 2.17. The maximum Gasteiger partial charge on any atom is 0.267 e. The number of nitrogen functional groups attached to an aromatic ring is 1. The minimum atomic E-state index is -0.0603. The molecule has 1 amide bonds. The van der Waals surface area contributed by atoms with Gasteiger partial charge in [0, 0.05) is 29.6 Å². The highest BCUT2D eigenvalue weighted by atomic mass is 16.1. The molecule has 1 aliphatic heterocycles. The number of rotatable bonds is 6. The molecule has 1 aliphatic rings. The maximum absolute atomic E-state index is 13.3. The van der Waals surface area contributed by atoms with E-state index in [4.69, 9.17) is 11.1 Å². The normalized spacial score (nSPS) is 14.5. The van der Waals surface area contributed by atoms with Gasteiger partial charge in [0.05, 0.1) is 0 Å². The summed E-state index contributed by atoms with van der Waals surface area (Å²) in [5.74, 6) is 0.472. The second-order valence-electron chi connectivity index (χ2n) is 8.89. The van der Waals surface area contributed by atoms with E-state index >= 15 is 0 Å². The molecule has 1 aromatic heterocycles. The molecule has 0 spiro atoms. The second-order valence-corrected chi connectivity index (χ2v) is 8.89. The van der Waals surface area contributed by atoms with Crippen molar-refractivity contribution in [3.05, 3.63) is 83.6 Å². The first kappa shape index (κ1) is 21.2. The number of nitrogens with zero attached hydrogens (tertiary/aromatic N) is 1. The Morgan fingerprint density at radius 2 is 1.76 bits per heavy atom. The van der Waals surface area contributed by atoms with Crippen LogP contribution in [0.1, 0.15) is 34.5 Å². The minimum Gasteiger partial charge on any atom is -0.384 e. The fourth-order valence-corrected chi connectivity index (χ4v) is 4.71. The molecule has 0 aliphatic carbocycles. The zero-order chi connectivity index (χ0) is 22.8. The van der Waals surface area contributed by atoms with Crippen molar-refractivity contribution in [3.63, 3.8) is 0 Å². The van der Waals surface area contributed by atoms with Crippen molar-refractivity contribution in [3.8, 4) is 0 Å². The molecule has 0 atom stereocenters. The van der Waals surface area contributed by atoms with Gasteiger partial charge in [-0.15, -0.1) is 0 Å². The van der Waals surface area contributed by atoms with Crippen LogP contribution in [0.25, 0.3) is 21.7 Å². The van der Waals surface area contributed by atoms with Gasteiger partial charge in [-0.1, -0.05) is 48.5 Å². The number of amidine groups is 1. The first-order valence-corrected chi connectivity index (χ1v) is 11.5. The zero-order valence-electron chi connectivity index (χ0n) is 18.6.